The van der Waals surface area contributed by atoms with Gasteiger partial charge >= 0.3 is 0 Å². The van der Waals surface area contributed by atoms with E-state index in [1.165, 1.54) is 55.2 Å². The maximum Gasteiger partial charge on any atom is 0.127 e. The third-order valence-electron chi connectivity index (χ3n) is 17.4. The van der Waals surface area contributed by atoms with Crippen LogP contribution in [0, 0.1) is 46.3 Å². The Morgan fingerprint density at radius 3 is 1.57 bits per heavy atom. The predicted molar refractivity (Wildman–Crippen MR) is 245 cm³/mol. The summed E-state index contributed by atoms with van der Waals surface area (Å²) in [6.07, 6.45) is 13.1. The highest BCUT2D eigenvalue weighted by molar-refractivity contribution is 5.86. The SMILES string of the molecule is Cc1cc(-c2ccccc2-c2cccc(C3C4(C)C[C@]5(C)CC3(c3cc(C)cc(-c6ccccc6)c3O)C[C@@](C)(C4)C5)n2)c(O)c(C23CC4(C)CC(C)(CC(C)(C4)C2)C3)c1. The molecule has 0 radical (unpaired) electrons. The lowest BCUT2D eigenvalue weighted by Gasteiger charge is -2.72. The molecule has 0 spiro atoms. The molecule has 1 heterocycles. The zero-order valence-electron chi connectivity index (χ0n) is 37.4. The number of phenols is 2. The Hall–Kier alpha value is -4.37. The van der Waals surface area contributed by atoms with Gasteiger partial charge in [0.1, 0.15) is 11.5 Å². The first-order valence-electron chi connectivity index (χ1n) is 23.1. The average molecular weight is 796 g/mol. The Morgan fingerprint density at radius 1 is 0.467 bits per heavy atom. The minimum Gasteiger partial charge on any atom is -0.507 e. The molecule has 8 fully saturated rings. The van der Waals surface area contributed by atoms with Gasteiger partial charge in [0.25, 0.3) is 0 Å². The molecule has 3 nitrogen and oxygen atoms in total. The Labute approximate surface area is 359 Å². The predicted octanol–water partition coefficient (Wildman–Crippen LogP) is 14.8. The molecule has 60 heavy (non-hydrogen) atoms. The Balaban J connectivity index is 1.05. The van der Waals surface area contributed by atoms with E-state index in [2.05, 4.69) is 152 Å². The number of pyridine rings is 1. The van der Waals surface area contributed by atoms with E-state index < -0.39 is 0 Å². The van der Waals surface area contributed by atoms with Gasteiger partial charge in [-0.15, -0.1) is 0 Å². The van der Waals surface area contributed by atoms with Crippen LogP contribution in [0.2, 0.25) is 0 Å². The molecule has 0 aliphatic heterocycles. The zero-order chi connectivity index (χ0) is 41.9. The molecular formula is C57H65NO2. The van der Waals surface area contributed by atoms with Crippen molar-refractivity contribution in [3.8, 4) is 45.0 Å². The Morgan fingerprint density at radius 2 is 0.967 bits per heavy atom. The molecular weight excluding hydrogens is 731 g/mol. The number of hydrogen-bond acceptors (Lipinski definition) is 3. The van der Waals surface area contributed by atoms with Crippen LogP contribution in [0.5, 0.6) is 11.5 Å². The van der Waals surface area contributed by atoms with E-state index in [4.69, 9.17) is 4.98 Å². The van der Waals surface area contributed by atoms with Gasteiger partial charge in [0.2, 0.25) is 0 Å². The van der Waals surface area contributed by atoms with Gasteiger partial charge in [0, 0.05) is 50.3 Å². The molecule has 3 atom stereocenters. The van der Waals surface area contributed by atoms with E-state index >= 15 is 0 Å². The van der Waals surface area contributed by atoms with E-state index in [0.717, 1.165) is 76.9 Å². The van der Waals surface area contributed by atoms with Gasteiger partial charge in [0.15, 0.2) is 0 Å². The first-order chi connectivity index (χ1) is 28.3. The van der Waals surface area contributed by atoms with Crippen LogP contribution < -0.4 is 0 Å². The van der Waals surface area contributed by atoms with Crippen LogP contribution in [0.1, 0.15) is 146 Å². The Bertz CT molecular complexity index is 2530. The number of nitrogens with zero attached hydrogens (tertiary/aromatic N) is 1. The van der Waals surface area contributed by atoms with Crippen molar-refractivity contribution in [2.24, 2.45) is 32.5 Å². The van der Waals surface area contributed by atoms with Crippen LogP contribution in [0.25, 0.3) is 33.5 Å². The number of benzene rings is 4. The zero-order valence-corrected chi connectivity index (χ0v) is 37.4. The maximum atomic E-state index is 12.7. The molecule has 2 N–H and O–H groups in total. The highest BCUT2D eigenvalue weighted by atomic mass is 16.3. The van der Waals surface area contributed by atoms with E-state index in [0.29, 0.717) is 27.7 Å². The van der Waals surface area contributed by atoms with E-state index in [9.17, 15) is 10.2 Å². The molecule has 0 amide bonds. The molecule has 1 aromatic heterocycles. The van der Waals surface area contributed by atoms with Crippen LogP contribution in [-0.2, 0) is 10.8 Å². The van der Waals surface area contributed by atoms with Gasteiger partial charge in [-0.2, -0.15) is 0 Å². The molecule has 1 unspecified atom stereocenters. The van der Waals surface area contributed by atoms with Crippen molar-refractivity contribution in [1.82, 2.24) is 4.98 Å². The van der Waals surface area contributed by atoms with Crippen molar-refractivity contribution >= 4 is 0 Å². The van der Waals surface area contributed by atoms with Crippen molar-refractivity contribution in [1.29, 1.82) is 0 Å². The van der Waals surface area contributed by atoms with Gasteiger partial charge in [-0.1, -0.05) is 114 Å². The number of aromatic hydroxyl groups is 2. The largest absolute Gasteiger partial charge is 0.507 e. The molecule has 310 valence electrons. The van der Waals surface area contributed by atoms with Gasteiger partial charge in [-0.3, -0.25) is 4.98 Å². The fourth-order valence-electron chi connectivity index (χ4n) is 18.7. The number of aryl methyl sites for hydroxylation is 2. The summed E-state index contributed by atoms with van der Waals surface area (Å²) < 4.78 is 0. The topological polar surface area (TPSA) is 53.4 Å². The average Bonchev–Trinajstić information content (AvgIpc) is 3.13. The fraction of sp³-hybridized carbons (Fsp3) is 0.491. The van der Waals surface area contributed by atoms with Crippen molar-refractivity contribution < 1.29 is 10.2 Å². The van der Waals surface area contributed by atoms with Crippen molar-refractivity contribution in [3.63, 3.8) is 0 Å². The lowest BCUT2D eigenvalue weighted by molar-refractivity contribution is -0.170. The number of phenolic OH excluding ortho intramolecular Hbond substituents is 2. The highest BCUT2D eigenvalue weighted by Crippen LogP contribution is 2.79. The molecule has 13 rings (SSSR count). The molecule has 8 aliphatic rings. The molecule has 3 heteroatoms. The summed E-state index contributed by atoms with van der Waals surface area (Å²) in [5, 5.41) is 25.3. The molecule has 5 aromatic rings. The summed E-state index contributed by atoms with van der Waals surface area (Å²) in [4.78, 5) is 5.76. The van der Waals surface area contributed by atoms with E-state index in [1.807, 2.05) is 0 Å². The smallest absolute Gasteiger partial charge is 0.127 e. The quantitative estimate of drug-likeness (QED) is 0.180. The third kappa shape index (κ3) is 5.62. The Kier molecular flexibility index (Phi) is 7.82. The number of aromatic nitrogens is 1. The van der Waals surface area contributed by atoms with Crippen LogP contribution in [0.15, 0.2) is 97.1 Å². The minimum absolute atomic E-state index is 0.0107. The van der Waals surface area contributed by atoms with Crippen molar-refractivity contribution in [2.75, 3.05) is 0 Å². The fourth-order valence-corrected chi connectivity index (χ4v) is 18.7. The van der Waals surface area contributed by atoms with Gasteiger partial charge < -0.3 is 10.2 Å². The summed E-state index contributed by atoms with van der Waals surface area (Å²) >= 11 is 0. The summed E-state index contributed by atoms with van der Waals surface area (Å²) in [5.74, 6) is 1.05. The van der Waals surface area contributed by atoms with Crippen LogP contribution >= 0.6 is 0 Å². The minimum atomic E-state index is -0.275. The van der Waals surface area contributed by atoms with Crippen molar-refractivity contribution in [3.05, 3.63) is 125 Å². The summed E-state index contributed by atoms with van der Waals surface area (Å²) in [6, 6.07) is 34.9. The lowest BCUT2D eigenvalue weighted by Crippen LogP contribution is -2.64. The first-order valence-corrected chi connectivity index (χ1v) is 23.1. The van der Waals surface area contributed by atoms with Gasteiger partial charge in [-0.25, -0.2) is 0 Å². The normalized spacial score (nSPS) is 38.4. The lowest BCUT2D eigenvalue weighted by atomic mass is 9.31. The second kappa shape index (κ2) is 12.2. The van der Waals surface area contributed by atoms with E-state index in [-0.39, 0.29) is 33.0 Å². The van der Waals surface area contributed by atoms with Crippen LogP contribution in [0.4, 0.5) is 0 Å². The third-order valence-corrected chi connectivity index (χ3v) is 17.4. The second-order valence-electron chi connectivity index (χ2n) is 24.3. The van der Waals surface area contributed by atoms with Crippen LogP contribution in [-0.4, -0.2) is 15.2 Å². The molecule has 8 saturated carbocycles. The number of hydrogen-bond donors (Lipinski definition) is 2. The number of rotatable bonds is 6. The van der Waals surface area contributed by atoms with E-state index in [1.54, 1.807) is 0 Å². The van der Waals surface area contributed by atoms with Gasteiger partial charge in [0.05, 0.1) is 5.69 Å². The second-order valence-corrected chi connectivity index (χ2v) is 24.3. The summed E-state index contributed by atoms with van der Waals surface area (Å²) in [7, 11) is 0. The standard InChI is InChI=1S/C57H65NO2/c1-36-21-41(38-15-10-9-11-16-38)47(59)44(24-36)57-34-53(6)28-54(7,35-57)30-55(8,29-53)49(57)46-20-14-19-45(58-46)40-18-13-12-17-39(40)42-22-37(2)23-43(48(42)60)56-31-50(3)25-51(4,32-56)27-52(5,26-50)33-56/h9-24,49,59-60H,25-35H2,1-8H3/t49?,50?,51?,52?,53-,54-,55?,56?,57?/m1/s1. The van der Waals surface area contributed by atoms with Crippen LogP contribution in [0.3, 0.4) is 0 Å². The van der Waals surface area contributed by atoms with Crippen molar-refractivity contribution in [2.45, 2.75) is 143 Å². The molecule has 4 aromatic carbocycles. The summed E-state index contributed by atoms with van der Waals surface area (Å²) in [6.45, 7) is 19.6. The molecule has 8 bridgehead atoms. The first kappa shape index (κ1) is 38.5. The molecule has 8 aliphatic carbocycles. The highest BCUT2D eigenvalue weighted by Gasteiger charge is 2.70. The molecule has 0 saturated heterocycles. The monoisotopic (exact) mass is 796 g/mol. The van der Waals surface area contributed by atoms with Gasteiger partial charge in [-0.05, 0) is 163 Å². The summed E-state index contributed by atoms with van der Waals surface area (Å²) in [5.41, 5.74) is 12.9. The maximum absolute atomic E-state index is 12.7.